The van der Waals surface area contributed by atoms with E-state index >= 15 is 0 Å². The van der Waals surface area contributed by atoms with E-state index in [-0.39, 0.29) is 17.4 Å². The van der Waals surface area contributed by atoms with Crippen LogP contribution in [0.2, 0.25) is 5.02 Å². The third kappa shape index (κ3) is 3.17. The molecule has 8 nitrogen and oxygen atoms in total. The standard InChI is InChI=1S/C19H20ClN5O3S/c1-11-15(29-24-23-11)17(27)25-6-4-18(5-7-25)9-19(10-28-18)21-14-3-2-12(20)8-13(14)16(26)22-19/h2-3,8,21H,4-7,9-10H2,1H3,(H,22,26)/t19-/m1/s1. The van der Waals surface area contributed by atoms with Crippen molar-refractivity contribution in [1.29, 1.82) is 0 Å². The number of likely N-dealkylation sites (tertiary alicyclic amines) is 1. The molecule has 5 rings (SSSR count). The van der Waals surface area contributed by atoms with Crippen LogP contribution in [-0.4, -0.2) is 57.3 Å². The fourth-order valence-corrected chi connectivity index (χ4v) is 5.28. The number of benzene rings is 1. The molecule has 4 heterocycles. The molecule has 2 fully saturated rings. The molecular weight excluding hydrogens is 414 g/mol. The molecule has 2 N–H and O–H groups in total. The first-order chi connectivity index (χ1) is 13.9. The Bertz CT molecular complexity index is 1000. The van der Waals surface area contributed by atoms with Crippen molar-refractivity contribution in [3.05, 3.63) is 39.4 Å². The van der Waals surface area contributed by atoms with Gasteiger partial charge >= 0.3 is 0 Å². The number of nitrogens with zero attached hydrogens (tertiary/aromatic N) is 3. The third-order valence-corrected chi connectivity index (χ3v) is 7.06. The van der Waals surface area contributed by atoms with Crippen molar-refractivity contribution in [3.8, 4) is 0 Å². The molecule has 2 aromatic rings. The molecule has 0 saturated carbocycles. The van der Waals surface area contributed by atoms with Crippen LogP contribution in [0, 0.1) is 6.92 Å². The lowest BCUT2D eigenvalue weighted by molar-refractivity contribution is -0.0392. The largest absolute Gasteiger partial charge is 0.370 e. The predicted octanol–water partition coefficient (Wildman–Crippen LogP) is 2.45. The normalized spacial score (nSPS) is 25.0. The number of nitrogens with one attached hydrogen (secondary N) is 2. The van der Waals surface area contributed by atoms with Crippen molar-refractivity contribution < 1.29 is 14.3 Å². The van der Waals surface area contributed by atoms with Crippen molar-refractivity contribution in [2.75, 3.05) is 25.0 Å². The van der Waals surface area contributed by atoms with Crippen LogP contribution in [0.3, 0.4) is 0 Å². The molecule has 10 heteroatoms. The number of piperidine rings is 1. The Labute approximate surface area is 176 Å². The van der Waals surface area contributed by atoms with Crippen molar-refractivity contribution in [3.63, 3.8) is 0 Å². The molecule has 2 spiro atoms. The van der Waals surface area contributed by atoms with Gasteiger partial charge < -0.3 is 20.3 Å². The average Bonchev–Trinajstić information content (AvgIpc) is 3.27. The van der Waals surface area contributed by atoms with Gasteiger partial charge in [-0.15, -0.1) is 5.10 Å². The van der Waals surface area contributed by atoms with Crippen LogP contribution in [-0.2, 0) is 4.74 Å². The smallest absolute Gasteiger partial charge is 0.267 e. The Hall–Kier alpha value is -2.23. The molecule has 3 aliphatic heterocycles. The van der Waals surface area contributed by atoms with Gasteiger partial charge in [0.1, 0.15) is 10.5 Å². The summed E-state index contributed by atoms with van der Waals surface area (Å²) in [5.74, 6) is -0.169. The highest BCUT2D eigenvalue weighted by Gasteiger charge is 2.53. The van der Waals surface area contributed by atoms with E-state index in [1.165, 1.54) is 0 Å². The number of ether oxygens (including phenoxy) is 1. The highest BCUT2D eigenvalue weighted by atomic mass is 35.5. The first-order valence-electron chi connectivity index (χ1n) is 9.51. The average molecular weight is 434 g/mol. The van der Waals surface area contributed by atoms with Gasteiger partial charge in [0.15, 0.2) is 0 Å². The number of rotatable bonds is 1. The second-order valence-corrected chi connectivity index (χ2v) is 9.17. The van der Waals surface area contributed by atoms with E-state index in [1.807, 2.05) is 11.0 Å². The molecule has 2 saturated heterocycles. The Morgan fingerprint density at radius 1 is 1.31 bits per heavy atom. The fraction of sp³-hybridized carbons (Fsp3) is 0.474. The summed E-state index contributed by atoms with van der Waals surface area (Å²) < 4.78 is 10.1. The Balaban J connectivity index is 1.29. The van der Waals surface area contributed by atoms with E-state index in [4.69, 9.17) is 16.3 Å². The fourth-order valence-electron chi connectivity index (χ4n) is 4.49. The van der Waals surface area contributed by atoms with E-state index in [0.29, 0.717) is 47.3 Å². The molecule has 152 valence electrons. The predicted molar refractivity (Wildman–Crippen MR) is 108 cm³/mol. The zero-order valence-electron chi connectivity index (χ0n) is 15.8. The minimum Gasteiger partial charge on any atom is -0.370 e. The summed E-state index contributed by atoms with van der Waals surface area (Å²) in [5, 5.41) is 11.0. The summed E-state index contributed by atoms with van der Waals surface area (Å²) in [7, 11) is 0. The number of fused-ring (bicyclic) bond motifs is 1. The van der Waals surface area contributed by atoms with Crippen molar-refractivity contribution >= 4 is 40.6 Å². The van der Waals surface area contributed by atoms with Crippen LogP contribution >= 0.6 is 23.1 Å². The van der Waals surface area contributed by atoms with Crippen LogP contribution in [0.5, 0.6) is 0 Å². The van der Waals surface area contributed by atoms with E-state index in [9.17, 15) is 9.59 Å². The number of aryl methyl sites for hydroxylation is 1. The number of carbonyl (C=O) groups is 2. The number of amides is 2. The minimum absolute atomic E-state index is 0.0186. The summed E-state index contributed by atoms with van der Waals surface area (Å²) in [5.41, 5.74) is 0.978. The molecule has 1 atom stereocenters. The first-order valence-corrected chi connectivity index (χ1v) is 10.7. The molecular formula is C19H20ClN5O3S. The molecule has 1 aromatic carbocycles. The zero-order chi connectivity index (χ0) is 20.2. The van der Waals surface area contributed by atoms with E-state index in [0.717, 1.165) is 30.1 Å². The maximum absolute atomic E-state index is 12.7. The van der Waals surface area contributed by atoms with Crippen molar-refractivity contribution in [1.82, 2.24) is 19.8 Å². The molecule has 3 aliphatic rings. The minimum atomic E-state index is -0.637. The molecule has 1 aromatic heterocycles. The van der Waals surface area contributed by atoms with Crippen LogP contribution in [0.4, 0.5) is 5.69 Å². The maximum atomic E-state index is 12.7. The lowest BCUT2D eigenvalue weighted by Crippen LogP contribution is -2.59. The van der Waals surface area contributed by atoms with Crippen LogP contribution in [0.1, 0.15) is 45.0 Å². The molecule has 29 heavy (non-hydrogen) atoms. The highest BCUT2D eigenvalue weighted by Crippen LogP contribution is 2.43. The second-order valence-electron chi connectivity index (χ2n) is 7.98. The molecule has 2 amide bonds. The van der Waals surface area contributed by atoms with Crippen LogP contribution < -0.4 is 10.6 Å². The summed E-state index contributed by atoms with van der Waals surface area (Å²) in [6.07, 6.45) is 2.09. The van der Waals surface area contributed by atoms with Gasteiger partial charge in [0.05, 0.1) is 23.5 Å². The summed E-state index contributed by atoms with van der Waals surface area (Å²) in [6, 6.07) is 5.26. The van der Waals surface area contributed by atoms with Gasteiger partial charge in [-0.05, 0) is 49.5 Å². The van der Waals surface area contributed by atoms with E-state index in [2.05, 4.69) is 20.2 Å². The molecule has 0 unspecified atom stereocenters. The van der Waals surface area contributed by atoms with Gasteiger partial charge in [0.25, 0.3) is 11.8 Å². The molecule has 0 radical (unpaired) electrons. The van der Waals surface area contributed by atoms with Gasteiger partial charge in [-0.2, -0.15) is 0 Å². The number of aromatic nitrogens is 2. The Kier molecular flexibility index (Phi) is 4.30. The Morgan fingerprint density at radius 3 is 2.83 bits per heavy atom. The van der Waals surface area contributed by atoms with Gasteiger partial charge in [0.2, 0.25) is 0 Å². The lowest BCUT2D eigenvalue weighted by Gasteiger charge is -2.41. The summed E-state index contributed by atoms with van der Waals surface area (Å²) >= 11 is 7.16. The zero-order valence-corrected chi connectivity index (χ0v) is 17.4. The second kappa shape index (κ2) is 6.65. The van der Waals surface area contributed by atoms with Gasteiger partial charge in [-0.3, -0.25) is 9.59 Å². The number of hydrogen-bond donors (Lipinski definition) is 2. The number of hydrogen-bond acceptors (Lipinski definition) is 7. The monoisotopic (exact) mass is 433 g/mol. The Morgan fingerprint density at radius 2 is 2.10 bits per heavy atom. The summed E-state index contributed by atoms with van der Waals surface area (Å²) in [6.45, 7) is 3.39. The number of carbonyl (C=O) groups excluding carboxylic acids is 2. The van der Waals surface area contributed by atoms with Crippen molar-refractivity contribution in [2.45, 2.75) is 37.5 Å². The van der Waals surface area contributed by atoms with Gasteiger partial charge in [-0.1, -0.05) is 16.1 Å². The number of halogens is 1. The van der Waals surface area contributed by atoms with E-state index in [1.54, 1.807) is 19.1 Å². The topological polar surface area (TPSA) is 96.5 Å². The van der Waals surface area contributed by atoms with E-state index < -0.39 is 5.66 Å². The van der Waals surface area contributed by atoms with Crippen LogP contribution in [0.15, 0.2) is 18.2 Å². The first kappa shape index (κ1) is 18.8. The SMILES string of the molecule is Cc1nnsc1C(=O)N1CCC2(CC1)C[C@]1(CO2)NC(=O)c2cc(Cl)ccc2N1. The van der Waals surface area contributed by atoms with Crippen molar-refractivity contribution in [2.24, 2.45) is 0 Å². The molecule has 0 aliphatic carbocycles. The highest BCUT2D eigenvalue weighted by molar-refractivity contribution is 7.07. The quantitative estimate of drug-likeness (QED) is 0.717. The molecule has 0 bridgehead atoms. The van der Waals surface area contributed by atoms with Gasteiger partial charge in [0, 0.05) is 30.2 Å². The summed E-state index contributed by atoms with van der Waals surface area (Å²) in [4.78, 5) is 27.8. The maximum Gasteiger partial charge on any atom is 0.267 e. The van der Waals surface area contributed by atoms with Gasteiger partial charge in [-0.25, -0.2) is 0 Å². The van der Waals surface area contributed by atoms with Crippen LogP contribution in [0.25, 0.3) is 0 Å². The lowest BCUT2D eigenvalue weighted by atomic mass is 9.84. The number of anilines is 1. The third-order valence-electron chi connectivity index (χ3n) is 6.01.